The molecule has 0 saturated heterocycles. The van der Waals surface area contributed by atoms with E-state index in [0.717, 1.165) is 34.2 Å². The van der Waals surface area contributed by atoms with Crippen molar-refractivity contribution in [2.45, 2.75) is 135 Å². The van der Waals surface area contributed by atoms with Gasteiger partial charge in [-0.2, -0.15) is 0 Å². The number of nitrogens with one attached hydrogen (secondary N) is 5. The summed E-state index contributed by atoms with van der Waals surface area (Å²) in [5.41, 5.74) is 4.87. The number of aromatic nitrogens is 1. The second kappa shape index (κ2) is 23.4. The molecule has 0 bridgehead atoms. The SMILES string of the molecule is COc1cc(C(=O)NCCCCc2ccc(-c3ccccc3)c(NC(=O)O[C@H]3CC[C@H](NC(=O)OC(C)(C)C)CC3)c2)c(Cl)cc1CNC[C@H](O[Si](C)(C)C(C)(C)C)c1ccc(O)c2[nH]c(=O)ccc12. The molecule has 0 aliphatic heterocycles. The van der Waals surface area contributed by atoms with Crippen molar-refractivity contribution in [1.82, 2.24) is 20.9 Å². The van der Waals surface area contributed by atoms with Crippen LogP contribution in [0.3, 0.4) is 0 Å². The minimum absolute atomic E-state index is 0.0168. The number of unbranched alkanes of at least 4 members (excludes halogenated alkanes) is 1. The largest absolute Gasteiger partial charge is 0.506 e. The van der Waals surface area contributed by atoms with Crippen LogP contribution in [0, 0.1) is 0 Å². The van der Waals surface area contributed by atoms with Crippen LogP contribution in [0.1, 0.15) is 113 Å². The van der Waals surface area contributed by atoms with Crippen LogP contribution >= 0.6 is 11.6 Å². The normalized spacial score (nSPS) is 15.7. The third-order valence-corrected chi connectivity index (χ3v) is 17.8. The van der Waals surface area contributed by atoms with E-state index in [-0.39, 0.29) is 39.4 Å². The number of alkyl carbamates (subject to hydrolysis) is 1. The third-order valence-electron chi connectivity index (χ3n) is 13.0. The number of aromatic hydroxyl groups is 1. The van der Waals surface area contributed by atoms with Gasteiger partial charge < -0.3 is 44.7 Å². The number of carbonyl (C=O) groups is 3. The number of phenolic OH excluding ortho intramolecular Hbond substituents is 1. The molecule has 1 aliphatic rings. The number of ether oxygens (including phenoxy) is 3. The number of aromatic amines is 1. The number of amides is 3. The lowest BCUT2D eigenvalue weighted by atomic mass is 9.93. The molecule has 70 heavy (non-hydrogen) atoms. The predicted molar refractivity (Wildman–Crippen MR) is 280 cm³/mol. The van der Waals surface area contributed by atoms with Gasteiger partial charge in [-0.3, -0.25) is 14.9 Å². The van der Waals surface area contributed by atoms with Gasteiger partial charge in [0.25, 0.3) is 5.91 Å². The molecule has 1 saturated carbocycles. The number of halogens is 1. The average molecular weight is 997 g/mol. The standard InChI is InChI=1S/C54H70ClN5O9Si/c1-53(2,3)68-52(65)58-37-19-21-38(22-20-37)67-51(64)59-44-29-34(18-23-39(44)35-16-11-10-12-17-35)15-13-14-28-57-50(63)42-31-46(66-7)36(30-43(42)55)32-56-33-47(69-70(8,9)54(4,5)6)40-24-26-45(61)49-41(40)25-27-48(62)60-49/h10-12,16-18,23-27,29-31,37-38,47,56,61H,13-15,19-22,28,32-33H2,1-9H3,(H,57,63)(H,58,65)(H,59,64)(H,60,62)/t37-,38-,47-/m0/s1. The van der Waals surface area contributed by atoms with Gasteiger partial charge in [0.1, 0.15) is 23.2 Å². The van der Waals surface area contributed by atoms with E-state index in [1.165, 1.54) is 6.07 Å². The Balaban J connectivity index is 1.03. The number of hydrogen-bond acceptors (Lipinski definition) is 10. The smallest absolute Gasteiger partial charge is 0.411 e. The predicted octanol–water partition coefficient (Wildman–Crippen LogP) is 11.6. The van der Waals surface area contributed by atoms with Gasteiger partial charge in [0.15, 0.2) is 8.32 Å². The number of rotatable bonds is 18. The maximum atomic E-state index is 13.5. The Bertz CT molecular complexity index is 2670. The van der Waals surface area contributed by atoms with Crippen molar-refractivity contribution >= 4 is 54.6 Å². The van der Waals surface area contributed by atoms with Crippen molar-refractivity contribution in [1.29, 1.82) is 0 Å². The number of aryl methyl sites for hydroxylation is 1. The topological polar surface area (TPSA) is 189 Å². The van der Waals surface area contributed by atoms with E-state index >= 15 is 0 Å². The Hall–Kier alpha value is -5.87. The molecule has 4 aromatic carbocycles. The molecule has 0 spiro atoms. The summed E-state index contributed by atoms with van der Waals surface area (Å²) in [6.45, 7) is 17.6. The fraction of sp³-hybridized carbons (Fsp3) is 0.444. The molecule has 6 rings (SSSR count). The summed E-state index contributed by atoms with van der Waals surface area (Å²) in [5, 5.41) is 24.0. The van der Waals surface area contributed by atoms with Crippen molar-refractivity contribution in [3.8, 4) is 22.6 Å². The van der Waals surface area contributed by atoms with E-state index in [0.29, 0.717) is 86.1 Å². The molecule has 16 heteroatoms. The monoisotopic (exact) mass is 995 g/mol. The van der Waals surface area contributed by atoms with Gasteiger partial charge in [-0.25, -0.2) is 9.59 Å². The van der Waals surface area contributed by atoms with Crippen molar-refractivity contribution < 1.29 is 38.1 Å². The van der Waals surface area contributed by atoms with Crippen molar-refractivity contribution in [2.75, 3.05) is 25.5 Å². The molecule has 1 aromatic heterocycles. The second-order valence-electron chi connectivity index (χ2n) is 20.5. The summed E-state index contributed by atoms with van der Waals surface area (Å²) in [5.74, 6) is 0.175. The Morgan fingerprint density at radius 2 is 1.61 bits per heavy atom. The van der Waals surface area contributed by atoms with Crippen LogP contribution in [-0.4, -0.2) is 74.4 Å². The molecule has 14 nitrogen and oxygen atoms in total. The molecule has 376 valence electrons. The third kappa shape index (κ3) is 14.6. The van der Waals surface area contributed by atoms with Crippen LogP contribution in [0.2, 0.25) is 23.2 Å². The Labute approximate surface area is 417 Å². The molecule has 0 unspecified atom stereocenters. The lowest BCUT2D eigenvalue weighted by Crippen LogP contribution is -2.43. The van der Waals surface area contributed by atoms with Gasteiger partial charge in [-0.15, -0.1) is 0 Å². The molecular weight excluding hydrogens is 926 g/mol. The van der Waals surface area contributed by atoms with E-state index in [9.17, 15) is 24.3 Å². The number of methoxy groups -OCH3 is 1. The first-order chi connectivity index (χ1) is 33.1. The van der Waals surface area contributed by atoms with E-state index in [1.807, 2.05) is 69.3 Å². The highest BCUT2D eigenvalue weighted by atomic mass is 35.5. The summed E-state index contributed by atoms with van der Waals surface area (Å²) in [7, 11) is -0.749. The van der Waals surface area contributed by atoms with Gasteiger partial charge in [0, 0.05) is 48.3 Å². The quantitative estimate of drug-likeness (QED) is 0.0364. The maximum absolute atomic E-state index is 13.5. The lowest BCUT2D eigenvalue weighted by Gasteiger charge is -2.39. The average Bonchev–Trinajstić information content (AvgIpc) is 3.29. The number of phenols is 1. The van der Waals surface area contributed by atoms with Gasteiger partial charge in [-0.1, -0.05) is 80.9 Å². The molecule has 0 radical (unpaired) electrons. The summed E-state index contributed by atoms with van der Waals surface area (Å²) >= 11 is 6.77. The van der Waals surface area contributed by atoms with Crippen LogP contribution < -0.4 is 31.6 Å². The van der Waals surface area contributed by atoms with Crippen LogP contribution in [-0.2, 0) is 26.9 Å². The van der Waals surface area contributed by atoms with E-state index < -0.39 is 32.2 Å². The first-order valence-corrected chi connectivity index (χ1v) is 27.4. The van der Waals surface area contributed by atoms with Crippen molar-refractivity contribution in [3.63, 3.8) is 0 Å². The van der Waals surface area contributed by atoms with Gasteiger partial charge >= 0.3 is 12.2 Å². The Morgan fingerprint density at radius 1 is 0.886 bits per heavy atom. The lowest BCUT2D eigenvalue weighted by molar-refractivity contribution is 0.0440. The zero-order chi connectivity index (χ0) is 50.8. The zero-order valence-electron chi connectivity index (χ0n) is 42.0. The fourth-order valence-electron chi connectivity index (χ4n) is 8.28. The molecule has 6 N–H and O–H groups in total. The number of hydrogen-bond donors (Lipinski definition) is 6. The van der Waals surface area contributed by atoms with Crippen molar-refractivity contribution in [2.24, 2.45) is 0 Å². The summed E-state index contributed by atoms with van der Waals surface area (Å²) in [6.07, 6.45) is 3.14. The van der Waals surface area contributed by atoms with E-state index in [2.05, 4.69) is 66.2 Å². The molecule has 1 fully saturated rings. The number of anilines is 1. The summed E-state index contributed by atoms with van der Waals surface area (Å²) in [4.78, 5) is 54.0. The number of carbonyl (C=O) groups excluding carboxylic acids is 3. The van der Waals surface area contributed by atoms with E-state index in [4.69, 9.17) is 30.2 Å². The highest BCUT2D eigenvalue weighted by Crippen LogP contribution is 2.41. The molecular formula is C54H70ClN5O9Si. The number of fused-ring (bicyclic) bond motifs is 1. The molecule has 3 amide bonds. The number of H-pyrrole nitrogens is 1. The molecule has 1 atom stereocenters. The van der Waals surface area contributed by atoms with Crippen LogP contribution in [0.25, 0.3) is 22.0 Å². The first kappa shape index (κ1) is 53.5. The highest BCUT2D eigenvalue weighted by Gasteiger charge is 2.40. The van der Waals surface area contributed by atoms with Crippen LogP contribution in [0.4, 0.5) is 15.3 Å². The minimum Gasteiger partial charge on any atom is -0.506 e. The number of pyridine rings is 1. The van der Waals surface area contributed by atoms with E-state index in [1.54, 1.807) is 31.4 Å². The van der Waals surface area contributed by atoms with Crippen molar-refractivity contribution in [3.05, 3.63) is 123 Å². The first-order valence-electron chi connectivity index (χ1n) is 24.1. The van der Waals surface area contributed by atoms with Gasteiger partial charge in [-0.05, 0) is 131 Å². The Morgan fingerprint density at radius 3 is 2.30 bits per heavy atom. The van der Waals surface area contributed by atoms with Gasteiger partial charge in [0.2, 0.25) is 5.56 Å². The summed E-state index contributed by atoms with van der Waals surface area (Å²) < 4.78 is 24.0. The Kier molecular flexibility index (Phi) is 17.8. The highest BCUT2D eigenvalue weighted by molar-refractivity contribution is 6.74. The number of benzene rings is 4. The maximum Gasteiger partial charge on any atom is 0.411 e. The fourth-order valence-corrected chi connectivity index (χ4v) is 9.83. The van der Waals surface area contributed by atoms with Gasteiger partial charge in [0.05, 0.1) is 35.0 Å². The van der Waals surface area contributed by atoms with Crippen LogP contribution in [0.15, 0.2) is 89.7 Å². The zero-order valence-corrected chi connectivity index (χ0v) is 43.7. The van der Waals surface area contributed by atoms with Crippen LogP contribution in [0.5, 0.6) is 11.5 Å². The second-order valence-corrected chi connectivity index (χ2v) is 25.7. The summed E-state index contributed by atoms with van der Waals surface area (Å²) in [6, 6.07) is 25.8. The molecule has 1 aliphatic carbocycles. The minimum atomic E-state index is -2.30. The molecule has 5 aromatic rings. The molecule has 1 heterocycles.